The summed E-state index contributed by atoms with van der Waals surface area (Å²) < 4.78 is 70.5. The molecule has 0 fully saturated rings. The van der Waals surface area contributed by atoms with Crippen molar-refractivity contribution in [2.75, 3.05) is 18.4 Å². The van der Waals surface area contributed by atoms with E-state index in [1.165, 1.54) is 11.5 Å². The lowest BCUT2D eigenvalue weighted by atomic mass is 10.2. The first kappa shape index (κ1) is 21.5. The number of unbranched alkanes of at least 4 members (excludes halogenated alkanes) is 3. The Morgan fingerprint density at radius 2 is 1.72 bits per heavy atom. The number of nitrogens with zero attached hydrogens (tertiary/aromatic N) is 3. The summed E-state index contributed by atoms with van der Waals surface area (Å²) in [4.78, 5) is 4.80. The summed E-state index contributed by atoms with van der Waals surface area (Å²) in [6.45, 7) is 0.979. The maximum atomic E-state index is 12.5. The quantitative estimate of drug-likeness (QED) is 0.462. The summed E-state index contributed by atoms with van der Waals surface area (Å²) in [6, 6.07) is 3.46. The molecular weight excluding hydrogens is 427 g/mol. The molecule has 7 nitrogen and oxygen atoms in total. The van der Waals surface area contributed by atoms with Gasteiger partial charge in [-0.1, -0.05) is 12.8 Å². The second-order valence-electron chi connectivity index (χ2n) is 6.35. The number of fused-ring (bicyclic) bond motifs is 1. The third kappa shape index (κ3) is 5.67. The molecule has 0 saturated carbocycles. The van der Waals surface area contributed by atoms with Crippen LogP contribution in [0.3, 0.4) is 0 Å². The molecular formula is C17H20F3N5O2S2. The van der Waals surface area contributed by atoms with Crippen molar-refractivity contribution < 1.29 is 21.6 Å². The predicted molar refractivity (Wildman–Crippen MR) is 104 cm³/mol. The van der Waals surface area contributed by atoms with Crippen LogP contribution < -0.4 is 10.0 Å². The average Bonchev–Trinajstić information content (AvgIpc) is 3.28. The minimum atomic E-state index is -4.49. The Morgan fingerprint density at radius 1 is 1.03 bits per heavy atom. The lowest BCUT2D eigenvalue weighted by molar-refractivity contribution is -0.137. The molecule has 29 heavy (non-hydrogen) atoms. The smallest absolute Gasteiger partial charge is 0.355 e. The molecule has 0 aliphatic carbocycles. The second kappa shape index (κ2) is 9.09. The van der Waals surface area contributed by atoms with Crippen LogP contribution in [0, 0.1) is 0 Å². The van der Waals surface area contributed by atoms with Crippen molar-refractivity contribution in [3.05, 3.63) is 42.2 Å². The molecule has 2 heterocycles. The Balaban J connectivity index is 1.33. The number of anilines is 1. The van der Waals surface area contributed by atoms with Gasteiger partial charge in [0, 0.05) is 37.0 Å². The van der Waals surface area contributed by atoms with E-state index in [9.17, 15) is 21.6 Å². The molecule has 0 unspecified atom stereocenters. The fraction of sp³-hybridized carbons (Fsp3) is 0.412. The van der Waals surface area contributed by atoms with Crippen molar-refractivity contribution in [2.24, 2.45) is 0 Å². The van der Waals surface area contributed by atoms with Crippen LogP contribution in [0.1, 0.15) is 31.2 Å². The Hall–Kier alpha value is -2.18. The van der Waals surface area contributed by atoms with Crippen LogP contribution in [0.5, 0.6) is 0 Å². The number of rotatable bonds is 10. The topological polar surface area (TPSA) is 88.4 Å². The monoisotopic (exact) mass is 447 g/mol. The lowest BCUT2D eigenvalue weighted by Gasteiger charge is -2.09. The molecule has 2 N–H and O–H groups in total. The van der Waals surface area contributed by atoms with Crippen molar-refractivity contribution >= 4 is 32.5 Å². The third-order valence-corrected chi connectivity index (χ3v) is 6.43. The van der Waals surface area contributed by atoms with Crippen LogP contribution in [0.25, 0.3) is 4.96 Å². The van der Waals surface area contributed by atoms with Crippen molar-refractivity contribution in [1.82, 2.24) is 18.5 Å². The zero-order valence-corrected chi connectivity index (χ0v) is 16.9. The summed E-state index contributed by atoms with van der Waals surface area (Å²) >= 11 is 1.32. The van der Waals surface area contributed by atoms with Gasteiger partial charge >= 0.3 is 6.18 Å². The Bertz CT molecular complexity index is 1030. The molecule has 0 atom stereocenters. The van der Waals surface area contributed by atoms with E-state index < -0.39 is 21.8 Å². The molecule has 0 saturated heterocycles. The largest absolute Gasteiger partial charge is 0.416 e. The van der Waals surface area contributed by atoms with Crippen LogP contribution in [0.4, 0.5) is 19.1 Å². The van der Waals surface area contributed by atoms with Gasteiger partial charge in [0.05, 0.1) is 10.5 Å². The van der Waals surface area contributed by atoms with Gasteiger partial charge in [-0.3, -0.25) is 4.40 Å². The summed E-state index contributed by atoms with van der Waals surface area (Å²) in [5.74, 6) is 0.756. The Labute approximate surface area is 170 Å². The first-order valence-electron chi connectivity index (χ1n) is 8.97. The van der Waals surface area contributed by atoms with E-state index in [1.54, 1.807) is 6.20 Å². The summed E-state index contributed by atoms with van der Waals surface area (Å²) in [6.07, 6.45) is 2.34. The standard InChI is InChI=1S/C17H20F3N5O2S2/c18-17(19,20)13-5-7-14(8-6-13)29(26,27)23-10-4-2-1-3-9-21-15-24-28-16-22-11-12-25(15)16/h5-8,11-12,23H,1-4,9-10H2,(H,21,24). The number of nitrogens with one attached hydrogen (secondary N) is 2. The van der Waals surface area contributed by atoms with Gasteiger partial charge < -0.3 is 5.32 Å². The van der Waals surface area contributed by atoms with E-state index in [0.717, 1.165) is 61.0 Å². The second-order valence-corrected chi connectivity index (χ2v) is 8.84. The molecule has 2 aromatic heterocycles. The number of sulfonamides is 1. The van der Waals surface area contributed by atoms with Crippen LogP contribution in [0.2, 0.25) is 0 Å². The number of halogens is 3. The fourth-order valence-electron chi connectivity index (χ4n) is 2.68. The maximum Gasteiger partial charge on any atom is 0.416 e. The zero-order chi connectivity index (χ0) is 20.9. The van der Waals surface area contributed by atoms with Crippen LogP contribution in [0.15, 0.2) is 41.6 Å². The highest BCUT2D eigenvalue weighted by atomic mass is 32.2. The SMILES string of the molecule is O=S(=O)(NCCCCCCNc1nsc2nccn12)c1ccc(C(F)(F)F)cc1. The number of benzene rings is 1. The molecule has 0 radical (unpaired) electrons. The van der Waals surface area contributed by atoms with Crippen LogP contribution in [-0.4, -0.2) is 35.3 Å². The predicted octanol–water partition coefficient (Wildman–Crippen LogP) is 3.76. The number of hydrogen-bond donors (Lipinski definition) is 2. The van der Waals surface area contributed by atoms with E-state index in [1.807, 2.05) is 10.6 Å². The molecule has 3 rings (SSSR count). The minimum Gasteiger partial charge on any atom is -0.355 e. The fourth-order valence-corrected chi connectivity index (χ4v) is 4.42. The number of alkyl halides is 3. The first-order chi connectivity index (χ1) is 13.8. The Kier molecular flexibility index (Phi) is 6.75. The number of imidazole rings is 1. The Morgan fingerprint density at radius 3 is 2.41 bits per heavy atom. The van der Waals surface area contributed by atoms with Gasteiger partial charge in [0.25, 0.3) is 0 Å². The van der Waals surface area contributed by atoms with Gasteiger partial charge in [0.2, 0.25) is 20.9 Å². The minimum absolute atomic E-state index is 0.177. The molecule has 0 aliphatic rings. The van der Waals surface area contributed by atoms with Gasteiger partial charge in [-0.25, -0.2) is 18.1 Å². The van der Waals surface area contributed by atoms with Gasteiger partial charge in [-0.05, 0) is 37.1 Å². The van der Waals surface area contributed by atoms with E-state index in [4.69, 9.17) is 0 Å². The van der Waals surface area contributed by atoms with E-state index in [-0.39, 0.29) is 11.4 Å². The molecule has 0 amide bonds. The van der Waals surface area contributed by atoms with Crippen molar-refractivity contribution in [2.45, 2.75) is 36.8 Å². The molecule has 0 spiro atoms. The van der Waals surface area contributed by atoms with Gasteiger partial charge in [0.15, 0.2) is 0 Å². The van der Waals surface area contributed by atoms with Gasteiger partial charge in [-0.2, -0.15) is 17.5 Å². The molecule has 158 valence electrons. The molecule has 12 heteroatoms. The highest BCUT2D eigenvalue weighted by Crippen LogP contribution is 2.29. The molecule has 0 bridgehead atoms. The summed E-state index contributed by atoms with van der Waals surface area (Å²) in [7, 11) is -3.81. The summed E-state index contributed by atoms with van der Waals surface area (Å²) in [5.41, 5.74) is -0.878. The zero-order valence-electron chi connectivity index (χ0n) is 15.3. The molecule has 1 aromatic carbocycles. The van der Waals surface area contributed by atoms with Crippen molar-refractivity contribution in [3.8, 4) is 0 Å². The van der Waals surface area contributed by atoms with E-state index in [0.29, 0.717) is 6.42 Å². The van der Waals surface area contributed by atoms with Crippen molar-refractivity contribution in [3.63, 3.8) is 0 Å². The number of aromatic nitrogens is 3. The maximum absolute atomic E-state index is 12.5. The molecule has 3 aromatic rings. The highest BCUT2D eigenvalue weighted by molar-refractivity contribution is 7.89. The molecule has 0 aliphatic heterocycles. The first-order valence-corrected chi connectivity index (χ1v) is 11.2. The van der Waals surface area contributed by atoms with Crippen LogP contribution in [-0.2, 0) is 16.2 Å². The van der Waals surface area contributed by atoms with Gasteiger partial charge in [0.1, 0.15) is 0 Å². The average molecular weight is 448 g/mol. The van der Waals surface area contributed by atoms with Gasteiger partial charge in [-0.15, -0.1) is 0 Å². The lowest BCUT2D eigenvalue weighted by Crippen LogP contribution is -2.25. The normalized spacial score (nSPS) is 12.5. The van der Waals surface area contributed by atoms with Crippen LogP contribution >= 0.6 is 11.5 Å². The van der Waals surface area contributed by atoms with E-state index in [2.05, 4.69) is 19.4 Å². The van der Waals surface area contributed by atoms with E-state index >= 15 is 0 Å². The highest BCUT2D eigenvalue weighted by Gasteiger charge is 2.30. The summed E-state index contributed by atoms with van der Waals surface area (Å²) in [5, 5.41) is 3.24. The third-order valence-electron chi connectivity index (χ3n) is 4.22. The number of hydrogen-bond acceptors (Lipinski definition) is 6. The van der Waals surface area contributed by atoms with Crippen molar-refractivity contribution in [1.29, 1.82) is 0 Å².